The number of hydrogen-bond donors (Lipinski definition) is 1. The van der Waals surface area contributed by atoms with Crippen molar-refractivity contribution in [2.24, 2.45) is 0 Å². The van der Waals surface area contributed by atoms with Gasteiger partial charge >= 0.3 is 0 Å². The minimum absolute atomic E-state index is 0.227. The molecule has 0 bridgehead atoms. The van der Waals surface area contributed by atoms with E-state index in [0.29, 0.717) is 0 Å². The first-order chi connectivity index (χ1) is 9.24. The van der Waals surface area contributed by atoms with Crippen molar-refractivity contribution in [1.29, 1.82) is 0 Å². The van der Waals surface area contributed by atoms with Crippen molar-refractivity contribution in [2.75, 3.05) is 5.32 Å². The Morgan fingerprint density at radius 1 is 1.16 bits per heavy atom. The van der Waals surface area contributed by atoms with Crippen LogP contribution in [0.1, 0.15) is 12.5 Å². The van der Waals surface area contributed by atoms with Crippen LogP contribution in [0.15, 0.2) is 42.5 Å². The van der Waals surface area contributed by atoms with Crippen molar-refractivity contribution < 1.29 is 4.39 Å². The first-order valence-electron chi connectivity index (χ1n) is 6.16. The van der Waals surface area contributed by atoms with Gasteiger partial charge in [0.25, 0.3) is 0 Å². The first-order valence-corrected chi connectivity index (χ1v) is 6.98. The average molecular weight is 272 g/mol. The minimum Gasteiger partial charge on any atom is -0.332 e. The fourth-order valence-electron chi connectivity index (χ4n) is 1.90. The molecule has 0 unspecified atom stereocenters. The van der Waals surface area contributed by atoms with Gasteiger partial charge in [-0.1, -0.05) is 30.4 Å². The van der Waals surface area contributed by atoms with E-state index in [2.05, 4.69) is 29.4 Å². The number of hydrogen-bond acceptors (Lipinski definition) is 3. The van der Waals surface area contributed by atoms with Gasteiger partial charge in [0.1, 0.15) is 5.82 Å². The molecular formula is C15H13FN2S. The van der Waals surface area contributed by atoms with Crippen LogP contribution in [-0.2, 0) is 6.42 Å². The van der Waals surface area contributed by atoms with Crippen LogP contribution >= 0.6 is 11.3 Å². The van der Waals surface area contributed by atoms with Crippen molar-refractivity contribution in [3.63, 3.8) is 0 Å². The van der Waals surface area contributed by atoms with Crippen molar-refractivity contribution in [2.45, 2.75) is 13.3 Å². The second-order valence-corrected chi connectivity index (χ2v) is 5.34. The van der Waals surface area contributed by atoms with Gasteiger partial charge in [-0.05, 0) is 42.3 Å². The molecule has 0 spiro atoms. The van der Waals surface area contributed by atoms with Crippen molar-refractivity contribution >= 4 is 32.4 Å². The standard InChI is InChI=1S/C15H13FN2S/c1-2-10-3-6-12(7-4-10)17-15-18-13-8-5-11(16)9-14(13)19-15/h3-9H,2H2,1H3,(H,17,18). The molecule has 1 heterocycles. The van der Waals surface area contributed by atoms with Gasteiger partial charge < -0.3 is 5.32 Å². The highest BCUT2D eigenvalue weighted by Crippen LogP contribution is 2.28. The summed E-state index contributed by atoms with van der Waals surface area (Å²) in [6.07, 6.45) is 1.03. The lowest BCUT2D eigenvalue weighted by Crippen LogP contribution is -1.89. The summed E-state index contributed by atoms with van der Waals surface area (Å²) in [7, 11) is 0. The van der Waals surface area contributed by atoms with Crippen molar-refractivity contribution in [3.05, 3.63) is 53.8 Å². The van der Waals surface area contributed by atoms with E-state index in [0.717, 1.165) is 27.5 Å². The van der Waals surface area contributed by atoms with Crippen molar-refractivity contribution in [3.8, 4) is 0 Å². The Balaban J connectivity index is 1.87. The number of rotatable bonds is 3. The molecule has 0 saturated heterocycles. The highest BCUT2D eigenvalue weighted by molar-refractivity contribution is 7.22. The number of nitrogens with one attached hydrogen (secondary N) is 1. The molecule has 0 radical (unpaired) electrons. The number of nitrogens with zero attached hydrogens (tertiary/aromatic N) is 1. The van der Waals surface area contributed by atoms with Crippen molar-refractivity contribution in [1.82, 2.24) is 4.98 Å². The Kier molecular flexibility index (Phi) is 3.17. The molecule has 0 atom stereocenters. The van der Waals surface area contributed by atoms with Gasteiger partial charge in [-0.2, -0.15) is 0 Å². The van der Waals surface area contributed by atoms with Crippen LogP contribution in [0.4, 0.5) is 15.2 Å². The summed E-state index contributed by atoms with van der Waals surface area (Å²) in [5.41, 5.74) is 3.12. The van der Waals surface area contributed by atoms with Gasteiger partial charge in [-0.3, -0.25) is 0 Å². The molecule has 0 aliphatic heterocycles. The van der Waals surface area contributed by atoms with E-state index in [4.69, 9.17) is 0 Å². The Bertz CT molecular complexity index is 704. The SMILES string of the molecule is CCc1ccc(Nc2nc3ccc(F)cc3s2)cc1. The molecule has 19 heavy (non-hydrogen) atoms. The summed E-state index contributed by atoms with van der Waals surface area (Å²) in [6.45, 7) is 2.13. The largest absolute Gasteiger partial charge is 0.332 e. The molecule has 2 nitrogen and oxygen atoms in total. The van der Waals surface area contributed by atoms with Gasteiger partial charge in [-0.15, -0.1) is 0 Å². The zero-order valence-corrected chi connectivity index (χ0v) is 11.3. The number of benzene rings is 2. The Morgan fingerprint density at radius 2 is 1.95 bits per heavy atom. The fraction of sp³-hybridized carbons (Fsp3) is 0.133. The van der Waals surface area contributed by atoms with Gasteiger partial charge in [0.15, 0.2) is 5.13 Å². The number of halogens is 1. The maximum absolute atomic E-state index is 13.1. The van der Waals surface area contributed by atoms with E-state index in [1.807, 2.05) is 12.1 Å². The molecule has 3 aromatic rings. The predicted octanol–water partition coefficient (Wildman–Crippen LogP) is 4.74. The maximum Gasteiger partial charge on any atom is 0.188 e. The Hall–Kier alpha value is -1.94. The predicted molar refractivity (Wildman–Crippen MR) is 78.7 cm³/mol. The topological polar surface area (TPSA) is 24.9 Å². The number of aromatic nitrogens is 1. The van der Waals surface area contributed by atoms with E-state index in [-0.39, 0.29) is 5.82 Å². The molecular weight excluding hydrogens is 259 g/mol. The lowest BCUT2D eigenvalue weighted by molar-refractivity contribution is 0.630. The van der Waals surface area contributed by atoms with Crippen LogP contribution in [0.5, 0.6) is 0 Å². The second-order valence-electron chi connectivity index (χ2n) is 4.31. The molecule has 0 amide bonds. The molecule has 0 saturated carbocycles. The van der Waals surface area contributed by atoms with Crippen LogP contribution < -0.4 is 5.32 Å². The Labute approximate surface area is 114 Å². The monoisotopic (exact) mass is 272 g/mol. The lowest BCUT2D eigenvalue weighted by atomic mass is 10.1. The average Bonchev–Trinajstić information content (AvgIpc) is 2.81. The van der Waals surface area contributed by atoms with E-state index in [9.17, 15) is 4.39 Å². The van der Waals surface area contributed by atoms with Gasteiger partial charge in [0.2, 0.25) is 0 Å². The van der Waals surface area contributed by atoms with Crippen LogP contribution in [0.3, 0.4) is 0 Å². The molecule has 0 fully saturated rings. The summed E-state index contributed by atoms with van der Waals surface area (Å²) in [5, 5.41) is 4.03. The van der Waals surface area contributed by atoms with Gasteiger partial charge in [0.05, 0.1) is 10.2 Å². The number of fused-ring (bicyclic) bond motifs is 1. The van der Waals surface area contributed by atoms with Crippen LogP contribution in [-0.4, -0.2) is 4.98 Å². The maximum atomic E-state index is 13.1. The summed E-state index contributed by atoms with van der Waals surface area (Å²) >= 11 is 1.45. The smallest absolute Gasteiger partial charge is 0.188 e. The van der Waals surface area contributed by atoms with E-state index < -0.39 is 0 Å². The molecule has 2 aromatic carbocycles. The third-order valence-corrected chi connectivity index (χ3v) is 3.90. The van der Waals surface area contributed by atoms with Crippen LogP contribution in [0.2, 0.25) is 0 Å². The zero-order chi connectivity index (χ0) is 13.2. The molecule has 96 valence electrons. The van der Waals surface area contributed by atoms with Crippen LogP contribution in [0, 0.1) is 5.82 Å². The third-order valence-electron chi connectivity index (χ3n) is 2.96. The number of aryl methyl sites for hydroxylation is 1. The van der Waals surface area contributed by atoms with Gasteiger partial charge in [-0.25, -0.2) is 9.37 Å². The quantitative estimate of drug-likeness (QED) is 0.744. The minimum atomic E-state index is -0.227. The first kappa shape index (κ1) is 12.1. The molecule has 1 N–H and O–H groups in total. The molecule has 4 heteroatoms. The molecule has 0 aliphatic rings. The summed E-state index contributed by atoms with van der Waals surface area (Å²) < 4.78 is 14.0. The third kappa shape index (κ3) is 2.58. The Morgan fingerprint density at radius 3 is 2.68 bits per heavy atom. The molecule has 0 aliphatic carbocycles. The highest BCUT2D eigenvalue weighted by Gasteiger charge is 2.05. The van der Waals surface area contributed by atoms with Gasteiger partial charge in [0, 0.05) is 5.69 Å². The highest BCUT2D eigenvalue weighted by atomic mass is 32.1. The number of thiazole rings is 1. The van der Waals surface area contributed by atoms with Crippen LogP contribution in [0.25, 0.3) is 10.2 Å². The summed E-state index contributed by atoms with van der Waals surface area (Å²) in [5.74, 6) is -0.227. The summed E-state index contributed by atoms with van der Waals surface area (Å²) in [6, 6.07) is 12.9. The number of anilines is 2. The molecule has 1 aromatic heterocycles. The lowest BCUT2D eigenvalue weighted by Gasteiger charge is -2.03. The van der Waals surface area contributed by atoms with E-state index >= 15 is 0 Å². The zero-order valence-electron chi connectivity index (χ0n) is 10.5. The van der Waals surface area contributed by atoms with E-state index in [1.54, 1.807) is 6.07 Å². The normalized spacial score (nSPS) is 10.8. The molecule has 3 rings (SSSR count). The van der Waals surface area contributed by atoms with E-state index in [1.165, 1.54) is 29.0 Å². The fourth-order valence-corrected chi connectivity index (χ4v) is 2.81. The summed E-state index contributed by atoms with van der Waals surface area (Å²) in [4.78, 5) is 4.43. The second kappa shape index (κ2) is 4.97.